The van der Waals surface area contributed by atoms with Crippen molar-refractivity contribution in [2.24, 2.45) is 0 Å². The Balaban J connectivity index is 1.21. The summed E-state index contributed by atoms with van der Waals surface area (Å²) in [6.45, 7) is 1.29. The van der Waals surface area contributed by atoms with E-state index in [1.54, 1.807) is 12.1 Å². The lowest BCUT2D eigenvalue weighted by atomic mass is 10.0. The van der Waals surface area contributed by atoms with Crippen LogP contribution in [0.5, 0.6) is 23.0 Å². The van der Waals surface area contributed by atoms with E-state index in [1.165, 1.54) is 6.07 Å². The van der Waals surface area contributed by atoms with Gasteiger partial charge in [0.05, 0.1) is 5.56 Å². The Bertz CT molecular complexity index is 2000. The van der Waals surface area contributed by atoms with Crippen molar-refractivity contribution in [2.75, 3.05) is 0 Å². The van der Waals surface area contributed by atoms with E-state index in [2.05, 4.69) is 0 Å². The molecule has 0 aromatic heterocycles. The van der Waals surface area contributed by atoms with Gasteiger partial charge in [-0.1, -0.05) is 127 Å². The second-order valence-electron chi connectivity index (χ2n) is 11.7. The first-order chi connectivity index (χ1) is 24.2. The number of benzene rings is 6. The molecule has 1 aliphatic heterocycles. The third-order valence-corrected chi connectivity index (χ3v) is 8.10. The fraction of sp³-hybridized carbons (Fsp3) is 0.116. The summed E-state index contributed by atoms with van der Waals surface area (Å²) in [6, 6.07) is 48.1. The van der Waals surface area contributed by atoms with Gasteiger partial charge in [0.15, 0.2) is 17.7 Å². The molecule has 0 aliphatic carbocycles. The molecule has 1 heterocycles. The fourth-order valence-corrected chi connectivity index (χ4v) is 5.52. The molecule has 0 N–H and O–H groups in total. The smallest absolute Gasteiger partial charge is 0.181 e. The van der Waals surface area contributed by atoms with Crippen molar-refractivity contribution >= 4 is 6.08 Å². The van der Waals surface area contributed by atoms with Crippen LogP contribution in [0.25, 0.3) is 6.08 Å². The minimum absolute atomic E-state index is 0.160. The van der Waals surface area contributed by atoms with Gasteiger partial charge < -0.3 is 23.7 Å². The number of rotatable bonds is 13. The maximum absolute atomic E-state index is 15.6. The molecular weight excluding hydrogens is 615 g/mol. The molecule has 7 rings (SSSR count). The van der Waals surface area contributed by atoms with E-state index in [0.29, 0.717) is 54.0 Å². The first kappa shape index (κ1) is 31.6. The van der Waals surface area contributed by atoms with E-state index in [4.69, 9.17) is 23.7 Å². The standard InChI is InChI=1S/C43H35FO5/c44-38-23-35(21-22-39(38)46-28-32-15-7-2-8-16-32)43-42(48-30-34-19-11-4-12-20-34)26-37-40(47-29-33-17-9-3-10-18-33)24-36(25-41(37)49-43)45-27-31-13-5-1-6-14-31/h1-26,43H,27-30H2. The molecule has 1 atom stereocenters. The number of hydrogen-bond donors (Lipinski definition) is 0. The van der Waals surface area contributed by atoms with Crippen LogP contribution in [0.2, 0.25) is 0 Å². The van der Waals surface area contributed by atoms with E-state index in [-0.39, 0.29) is 12.4 Å². The van der Waals surface area contributed by atoms with Crippen molar-refractivity contribution in [2.45, 2.75) is 32.5 Å². The van der Waals surface area contributed by atoms with Crippen molar-refractivity contribution in [3.05, 3.63) is 197 Å². The number of fused-ring (bicyclic) bond motifs is 1. The zero-order valence-corrected chi connectivity index (χ0v) is 26.8. The Hall–Kier alpha value is -6.01. The van der Waals surface area contributed by atoms with Gasteiger partial charge in [-0.2, -0.15) is 0 Å². The van der Waals surface area contributed by atoms with Crippen LogP contribution in [0, 0.1) is 5.82 Å². The van der Waals surface area contributed by atoms with Crippen molar-refractivity contribution in [1.82, 2.24) is 0 Å². The number of halogens is 1. The van der Waals surface area contributed by atoms with Gasteiger partial charge >= 0.3 is 0 Å². The zero-order valence-electron chi connectivity index (χ0n) is 26.8. The molecule has 244 valence electrons. The highest BCUT2D eigenvalue weighted by Gasteiger charge is 2.30. The normalized spacial score (nSPS) is 13.4. The highest BCUT2D eigenvalue weighted by atomic mass is 19.1. The number of ether oxygens (including phenoxy) is 5. The second kappa shape index (κ2) is 15.3. The maximum atomic E-state index is 15.6. The van der Waals surface area contributed by atoms with E-state index < -0.39 is 11.9 Å². The van der Waals surface area contributed by atoms with Gasteiger partial charge in [0.2, 0.25) is 0 Å². The van der Waals surface area contributed by atoms with Crippen LogP contribution >= 0.6 is 0 Å². The third kappa shape index (κ3) is 8.11. The van der Waals surface area contributed by atoms with Gasteiger partial charge in [0.1, 0.15) is 49.4 Å². The Kier molecular flexibility index (Phi) is 9.84. The highest BCUT2D eigenvalue weighted by molar-refractivity contribution is 5.70. The minimum Gasteiger partial charge on any atom is -0.489 e. The summed E-state index contributed by atoms with van der Waals surface area (Å²) in [5.74, 6) is 1.90. The summed E-state index contributed by atoms with van der Waals surface area (Å²) >= 11 is 0. The van der Waals surface area contributed by atoms with Gasteiger partial charge in [-0.25, -0.2) is 4.39 Å². The van der Waals surface area contributed by atoms with Crippen LogP contribution in [-0.2, 0) is 31.2 Å². The highest BCUT2D eigenvalue weighted by Crippen LogP contribution is 2.45. The molecule has 6 aromatic carbocycles. The second-order valence-corrected chi connectivity index (χ2v) is 11.7. The fourth-order valence-electron chi connectivity index (χ4n) is 5.52. The average molecular weight is 651 g/mol. The predicted octanol–water partition coefficient (Wildman–Crippen LogP) is 10.3. The van der Waals surface area contributed by atoms with Gasteiger partial charge in [-0.3, -0.25) is 0 Å². The van der Waals surface area contributed by atoms with Gasteiger partial charge in [0, 0.05) is 17.7 Å². The van der Waals surface area contributed by atoms with Crippen molar-refractivity contribution in [3.8, 4) is 23.0 Å². The quantitative estimate of drug-likeness (QED) is 0.125. The molecule has 0 saturated carbocycles. The lowest BCUT2D eigenvalue weighted by Gasteiger charge is -2.29. The molecule has 0 fully saturated rings. The van der Waals surface area contributed by atoms with E-state index in [0.717, 1.165) is 22.3 Å². The lowest BCUT2D eigenvalue weighted by Crippen LogP contribution is -2.18. The molecule has 0 radical (unpaired) electrons. The summed E-state index contributed by atoms with van der Waals surface area (Å²) in [5, 5.41) is 0. The molecule has 6 aromatic rings. The minimum atomic E-state index is -0.736. The summed E-state index contributed by atoms with van der Waals surface area (Å²) in [4.78, 5) is 0. The first-order valence-corrected chi connectivity index (χ1v) is 16.2. The third-order valence-electron chi connectivity index (χ3n) is 8.10. The summed E-state index contributed by atoms with van der Waals surface area (Å²) in [6.07, 6.45) is 1.19. The van der Waals surface area contributed by atoms with E-state index in [1.807, 2.05) is 140 Å². The summed E-state index contributed by atoms with van der Waals surface area (Å²) in [7, 11) is 0. The Morgan fingerprint density at radius 1 is 0.490 bits per heavy atom. The van der Waals surface area contributed by atoms with Gasteiger partial charge in [-0.05, 0) is 40.5 Å². The number of hydrogen-bond acceptors (Lipinski definition) is 5. The Morgan fingerprint density at radius 3 is 1.51 bits per heavy atom. The summed E-state index contributed by atoms with van der Waals surface area (Å²) in [5.41, 5.74) is 5.30. The van der Waals surface area contributed by atoms with Crippen LogP contribution in [-0.4, -0.2) is 0 Å². The molecule has 0 amide bonds. The SMILES string of the molecule is Fc1cc(C2Oc3cc(OCc4ccccc4)cc(OCc4ccccc4)c3C=C2OCc2ccccc2)ccc1OCc1ccccc1. The van der Waals surface area contributed by atoms with Gasteiger partial charge in [-0.15, -0.1) is 0 Å². The Morgan fingerprint density at radius 2 is 0.980 bits per heavy atom. The maximum Gasteiger partial charge on any atom is 0.181 e. The van der Waals surface area contributed by atoms with Crippen molar-refractivity contribution < 1.29 is 28.1 Å². The molecule has 0 saturated heterocycles. The van der Waals surface area contributed by atoms with Crippen LogP contribution in [0.15, 0.2) is 157 Å². The van der Waals surface area contributed by atoms with Crippen LogP contribution in [0.3, 0.4) is 0 Å². The molecular formula is C43H35FO5. The largest absolute Gasteiger partial charge is 0.489 e. The van der Waals surface area contributed by atoms with Crippen LogP contribution < -0.4 is 18.9 Å². The molecule has 5 nitrogen and oxygen atoms in total. The molecule has 0 spiro atoms. The predicted molar refractivity (Wildman–Crippen MR) is 188 cm³/mol. The Labute approximate surface area is 285 Å². The van der Waals surface area contributed by atoms with Crippen molar-refractivity contribution in [1.29, 1.82) is 0 Å². The van der Waals surface area contributed by atoms with E-state index in [9.17, 15) is 0 Å². The zero-order chi connectivity index (χ0) is 33.3. The lowest BCUT2D eigenvalue weighted by molar-refractivity contribution is 0.106. The van der Waals surface area contributed by atoms with Crippen molar-refractivity contribution in [3.63, 3.8) is 0 Å². The molecule has 49 heavy (non-hydrogen) atoms. The molecule has 1 aliphatic rings. The first-order valence-electron chi connectivity index (χ1n) is 16.2. The molecule has 1 unspecified atom stereocenters. The van der Waals surface area contributed by atoms with Crippen LogP contribution in [0.4, 0.5) is 4.39 Å². The molecule has 0 bridgehead atoms. The topological polar surface area (TPSA) is 46.2 Å². The monoisotopic (exact) mass is 650 g/mol. The summed E-state index contributed by atoms with van der Waals surface area (Å²) < 4.78 is 47.1. The average Bonchev–Trinajstić information content (AvgIpc) is 3.16. The van der Waals surface area contributed by atoms with Crippen LogP contribution in [0.1, 0.15) is 39.5 Å². The van der Waals surface area contributed by atoms with Gasteiger partial charge in [0.25, 0.3) is 0 Å². The molecule has 6 heteroatoms. The van der Waals surface area contributed by atoms with E-state index >= 15 is 4.39 Å².